The largest absolute Gasteiger partial charge is 0.322 e. The summed E-state index contributed by atoms with van der Waals surface area (Å²) in [7, 11) is -3.74. The van der Waals surface area contributed by atoms with Gasteiger partial charge in [-0.25, -0.2) is 8.42 Å². The number of sulfonamides is 1. The van der Waals surface area contributed by atoms with Gasteiger partial charge in [-0.3, -0.25) is 9.52 Å². The Balaban J connectivity index is 1.42. The van der Waals surface area contributed by atoms with Crippen LogP contribution in [0.1, 0.15) is 21.5 Å². The summed E-state index contributed by atoms with van der Waals surface area (Å²) >= 11 is 1.76. The van der Waals surface area contributed by atoms with Crippen LogP contribution in [0.5, 0.6) is 0 Å². The van der Waals surface area contributed by atoms with Gasteiger partial charge in [0.2, 0.25) is 0 Å². The van der Waals surface area contributed by atoms with Gasteiger partial charge in [0.15, 0.2) is 0 Å². The first kappa shape index (κ1) is 23.6. The van der Waals surface area contributed by atoms with Gasteiger partial charge in [0.05, 0.1) is 4.90 Å². The van der Waals surface area contributed by atoms with Gasteiger partial charge in [-0.2, -0.15) is 0 Å². The number of benzene rings is 4. The van der Waals surface area contributed by atoms with E-state index in [4.69, 9.17) is 0 Å². The lowest BCUT2D eigenvalue weighted by Gasteiger charge is -2.12. The molecule has 0 atom stereocenters. The zero-order chi connectivity index (χ0) is 24.0. The maximum atomic E-state index is 12.9. The summed E-state index contributed by atoms with van der Waals surface area (Å²) in [5.74, 6) is 0.526. The number of anilines is 2. The Hall–Kier alpha value is -3.55. The normalized spacial score (nSPS) is 11.1. The van der Waals surface area contributed by atoms with Crippen molar-refractivity contribution in [3.63, 3.8) is 0 Å². The number of carbonyl (C=O) groups is 1. The van der Waals surface area contributed by atoms with E-state index in [2.05, 4.69) is 28.2 Å². The molecule has 4 aromatic rings. The molecule has 4 aromatic carbocycles. The first-order chi connectivity index (χ1) is 16.4. The van der Waals surface area contributed by atoms with Crippen molar-refractivity contribution in [1.82, 2.24) is 0 Å². The lowest BCUT2D eigenvalue weighted by Crippen LogP contribution is -2.15. The van der Waals surface area contributed by atoms with Gasteiger partial charge in [0.25, 0.3) is 15.9 Å². The molecule has 0 saturated carbocycles. The average molecular weight is 489 g/mol. The van der Waals surface area contributed by atoms with Crippen LogP contribution in [0.4, 0.5) is 11.4 Å². The third-order valence-corrected chi connectivity index (χ3v) is 7.60. The number of thioether (sulfide) groups is 1. The van der Waals surface area contributed by atoms with Gasteiger partial charge in [-0.1, -0.05) is 54.6 Å². The van der Waals surface area contributed by atoms with Crippen molar-refractivity contribution in [3.8, 4) is 0 Å². The van der Waals surface area contributed by atoms with Gasteiger partial charge >= 0.3 is 0 Å². The van der Waals surface area contributed by atoms with E-state index < -0.39 is 10.0 Å². The SMILES string of the molecule is Cc1cc(CSc2ccccc2)ccc1NC(=O)c1cccc(NS(=O)(=O)c2ccccc2)c1. The Bertz CT molecular complexity index is 1390. The quantitative estimate of drug-likeness (QED) is 0.284. The number of hydrogen-bond donors (Lipinski definition) is 2. The van der Waals surface area contributed by atoms with E-state index in [-0.39, 0.29) is 10.8 Å². The van der Waals surface area contributed by atoms with Crippen LogP contribution in [-0.4, -0.2) is 14.3 Å². The van der Waals surface area contributed by atoms with E-state index in [0.717, 1.165) is 11.3 Å². The summed E-state index contributed by atoms with van der Waals surface area (Å²) in [5.41, 5.74) is 3.52. The Labute approximate surface area is 204 Å². The standard InChI is InChI=1S/C27H24N2O3S2/c1-20-17-21(19-33-24-11-4-2-5-12-24)15-16-26(20)28-27(30)22-9-8-10-23(18-22)29-34(31,32)25-13-6-3-7-14-25/h2-18,29H,19H2,1H3,(H,28,30). The zero-order valence-corrected chi connectivity index (χ0v) is 20.2. The van der Waals surface area contributed by atoms with Crippen molar-refractivity contribution in [2.24, 2.45) is 0 Å². The highest BCUT2D eigenvalue weighted by Gasteiger charge is 2.15. The van der Waals surface area contributed by atoms with E-state index in [9.17, 15) is 13.2 Å². The summed E-state index contributed by atoms with van der Waals surface area (Å²) in [4.78, 5) is 14.2. The second-order valence-corrected chi connectivity index (χ2v) is 10.4. The van der Waals surface area contributed by atoms with Crippen LogP contribution >= 0.6 is 11.8 Å². The third kappa shape index (κ3) is 6.07. The van der Waals surface area contributed by atoms with Crippen LogP contribution in [0.25, 0.3) is 0 Å². The molecule has 4 rings (SSSR count). The van der Waals surface area contributed by atoms with E-state index >= 15 is 0 Å². The lowest BCUT2D eigenvalue weighted by molar-refractivity contribution is 0.102. The smallest absolute Gasteiger partial charge is 0.261 e. The lowest BCUT2D eigenvalue weighted by atomic mass is 10.1. The highest BCUT2D eigenvalue weighted by molar-refractivity contribution is 7.98. The fraction of sp³-hybridized carbons (Fsp3) is 0.0741. The molecule has 0 aliphatic carbocycles. The maximum Gasteiger partial charge on any atom is 0.261 e. The van der Waals surface area contributed by atoms with Crippen LogP contribution in [0.2, 0.25) is 0 Å². The van der Waals surface area contributed by atoms with Crippen LogP contribution < -0.4 is 10.0 Å². The number of amides is 1. The topological polar surface area (TPSA) is 75.3 Å². The first-order valence-corrected chi connectivity index (χ1v) is 13.1. The van der Waals surface area contributed by atoms with E-state index in [1.807, 2.05) is 37.3 Å². The molecule has 0 unspecified atom stereocenters. The minimum Gasteiger partial charge on any atom is -0.322 e. The average Bonchev–Trinajstić information content (AvgIpc) is 2.85. The molecule has 0 heterocycles. The van der Waals surface area contributed by atoms with E-state index in [0.29, 0.717) is 16.9 Å². The molecule has 172 valence electrons. The Morgan fingerprint density at radius 2 is 1.53 bits per heavy atom. The molecule has 2 N–H and O–H groups in total. The molecule has 0 aliphatic rings. The summed E-state index contributed by atoms with van der Waals surface area (Å²) in [6.07, 6.45) is 0. The molecule has 0 saturated heterocycles. The van der Waals surface area contributed by atoms with E-state index in [1.54, 1.807) is 48.2 Å². The molecule has 0 fully saturated rings. The Kier molecular flexibility index (Phi) is 7.35. The fourth-order valence-corrected chi connectivity index (χ4v) is 5.30. The summed E-state index contributed by atoms with van der Waals surface area (Å²) in [6.45, 7) is 1.96. The highest BCUT2D eigenvalue weighted by atomic mass is 32.2. The molecular weight excluding hydrogens is 464 g/mol. The van der Waals surface area contributed by atoms with Crippen molar-refractivity contribution in [2.45, 2.75) is 22.5 Å². The van der Waals surface area contributed by atoms with Gasteiger partial charge in [0, 0.05) is 27.6 Å². The van der Waals surface area contributed by atoms with E-state index in [1.165, 1.54) is 28.7 Å². The predicted molar refractivity (Wildman–Crippen MR) is 139 cm³/mol. The van der Waals surface area contributed by atoms with Crippen LogP contribution in [-0.2, 0) is 15.8 Å². The maximum absolute atomic E-state index is 12.9. The van der Waals surface area contributed by atoms with Gasteiger partial charge < -0.3 is 5.32 Å². The molecule has 34 heavy (non-hydrogen) atoms. The number of hydrogen-bond acceptors (Lipinski definition) is 4. The summed E-state index contributed by atoms with van der Waals surface area (Å²) < 4.78 is 27.7. The van der Waals surface area contributed by atoms with Crippen molar-refractivity contribution >= 4 is 39.1 Å². The second kappa shape index (κ2) is 10.6. The molecule has 0 bridgehead atoms. The van der Waals surface area contributed by atoms with Gasteiger partial charge in [0.1, 0.15) is 0 Å². The molecule has 0 aromatic heterocycles. The minimum atomic E-state index is -3.74. The van der Waals surface area contributed by atoms with Crippen molar-refractivity contribution in [1.29, 1.82) is 0 Å². The number of rotatable bonds is 8. The van der Waals surface area contributed by atoms with Crippen molar-refractivity contribution in [3.05, 3.63) is 120 Å². The molecule has 0 radical (unpaired) electrons. The highest BCUT2D eigenvalue weighted by Crippen LogP contribution is 2.25. The molecular formula is C27H24N2O3S2. The molecule has 1 amide bonds. The minimum absolute atomic E-state index is 0.158. The second-order valence-electron chi connectivity index (χ2n) is 7.70. The first-order valence-electron chi connectivity index (χ1n) is 10.7. The molecule has 0 spiro atoms. The number of aryl methyl sites for hydroxylation is 1. The molecule has 5 nitrogen and oxygen atoms in total. The number of carbonyl (C=O) groups excluding carboxylic acids is 1. The monoisotopic (exact) mass is 488 g/mol. The molecule has 0 aliphatic heterocycles. The van der Waals surface area contributed by atoms with Crippen LogP contribution in [0.15, 0.2) is 113 Å². The third-order valence-electron chi connectivity index (χ3n) is 5.12. The van der Waals surface area contributed by atoms with Crippen LogP contribution in [0, 0.1) is 6.92 Å². The number of nitrogens with one attached hydrogen (secondary N) is 2. The fourth-order valence-electron chi connectivity index (χ4n) is 3.37. The summed E-state index contributed by atoms with van der Waals surface area (Å²) in [5, 5.41) is 2.93. The van der Waals surface area contributed by atoms with Gasteiger partial charge in [-0.15, -0.1) is 11.8 Å². The Morgan fingerprint density at radius 3 is 2.24 bits per heavy atom. The van der Waals surface area contributed by atoms with Gasteiger partial charge in [-0.05, 0) is 66.6 Å². The van der Waals surface area contributed by atoms with Crippen molar-refractivity contribution < 1.29 is 13.2 Å². The van der Waals surface area contributed by atoms with Crippen molar-refractivity contribution in [2.75, 3.05) is 10.0 Å². The summed E-state index contributed by atoms with van der Waals surface area (Å²) in [6, 6.07) is 30.7. The zero-order valence-electron chi connectivity index (χ0n) is 18.6. The van der Waals surface area contributed by atoms with Crippen LogP contribution in [0.3, 0.4) is 0 Å². The molecule has 7 heteroatoms. The predicted octanol–water partition coefficient (Wildman–Crippen LogP) is 6.34. The Morgan fingerprint density at radius 1 is 0.824 bits per heavy atom.